The first-order valence-corrected chi connectivity index (χ1v) is 10.5. The Labute approximate surface area is 178 Å². The molecular formula is C23H22N4O2S. The van der Waals surface area contributed by atoms with E-state index in [1.54, 1.807) is 7.05 Å². The van der Waals surface area contributed by atoms with Crippen LogP contribution in [0.2, 0.25) is 0 Å². The fourth-order valence-electron chi connectivity index (χ4n) is 3.42. The number of fused-ring (bicyclic) bond motifs is 1. The standard InChI is InChI=1S/C23H22N4O2S/c1-14-10-8-9-13-17(14)19-24-20-18(22(28)27(4)23(29)26(20)3)21(25-19)30-15(2)16-11-6-5-7-12-16/h5-13,15H,1-4H3/t15-/m0/s1. The van der Waals surface area contributed by atoms with Crippen LogP contribution in [0.1, 0.15) is 23.3 Å². The minimum absolute atomic E-state index is 0.0657. The number of aromatic nitrogens is 4. The van der Waals surface area contributed by atoms with Gasteiger partial charge in [-0.25, -0.2) is 14.8 Å². The zero-order valence-electron chi connectivity index (χ0n) is 17.3. The van der Waals surface area contributed by atoms with Crippen molar-refractivity contribution >= 4 is 22.8 Å². The summed E-state index contributed by atoms with van der Waals surface area (Å²) in [5.41, 5.74) is 2.59. The Bertz CT molecular complexity index is 1360. The van der Waals surface area contributed by atoms with E-state index in [9.17, 15) is 9.59 Å². The molecule has 2 aromatic heterocycles. The van der Waals surface area contributed by atoms with Gasteiger partial charge in [-0.15, -0.1) is 0 Å². The number of thioether (sulfide) groups is 1. The summed E-state index contributed by atoms with van der Waals surface area (Å²) in [6, 6.07) is 17.9. The number of benzene rings is 2. The van der Waals surface area contributed by atoms with Crippen LogP contribution in [-0.4, -0.2) is 19.1 Å². The smallest absolute Gasteiger partial charge is 0.280 e. The van der Waals surface area contributed by atoms with Crippen LogP contribution >= 0.6 is 11.8 Å². The van der Waals surface area contributed by atoms with Crippen molar-refractivity contribution in [2.45, 2.75) is 24.1 Å². The normalized spacial score (nSPS) is 12.3. The molecule has 0 aliphatic heterocycles. The lowest BCUT2D eigenvalue weighted by atomic mass is 10.1. The van der Waals surface area contributed by atoms with Crippen molar-refractivity contribution < 1.29 is 0 Å². The first-order chi connectivity index (χ1) is 14.4. The highest BCUT2D eigenvalue weighted by molar-refractivity contribution is 7.99. The molecule has 30 heavy (non-hydrogen) atoms. The van der Waals surface area contributed by atoms with E-state index in [1.165, 1.54) is 23.4 Å². The molecule has 0 N–H and O–H groups in total. The van der Waals surface area contributed by atoms with Gasteiger partial charge >= 0.3 is 5.69 Å². The molecule has 4 aromatic rings. The van der Waals surface area contributed by atoms with Gasteiger partial charge in [0.15, 0.2) is 11.5 Å². The molecule has 0 aliphatic rings. The van der Waals surface area contributed by atoms with Crippen molar-refractivity contribution in [3.63, 3.8) is 0 Å². The molecule has 7 heteroatoms. The number of hydrogen-bond donors (Lipinski definition) is 0. The molecule has 0 aliphatic carbocycles. The Balaban J connectivity index is 2.00. The molecule has 2 aromatic carbocycles. The highest BCUT2D eigenvalue weighted by Crippen LogP contribution is 2.37. The third-order valence-corrected chi connectivity index (χ3v) is 6.35. The van der Waals surface area contributed by atoms with Crippen molar-refractivity contribution in [1.29, 1.82) is 0 Å². The van der Waals surface area contributed by atoms with Gasteiger partial charge in [0.25, 0.3) is 5.56 Å². The lowest BCUT2D eigenvalue weighted by Gasteiger charge is -2.15. The zero-order chi connectivity index (χ0) is 21.4. The summed E-state index contributed by atoms with van der Waals surface area (Å²) in [5, 5.41) is 1.01. The second-order valence-electron chi connectivity index (χ2n) is 7.24. The number of hydrogen-bond acceptors (Lipinski definition) is 5. The molecule has 0 saturated carbocycles. The fraction of sp³-hybridized carbons (Fsp3) is 0.217. The Morgan fingerprint density at radius 1 is 0.900 bits per heavy atom. The predicted octanol–water partition coefficient (Wildman–Crippen LogP) is 3.86. The van der Waals surface area contributed by atoms with Gasteiger partial charge in [0.1, 0.15) is 10.4 Å². The molecule has 0 radical (unpaired) electrons. The SMILES string of the molecule is Cc1ccccc1-c1nc(S[C@@H](C)c2ccccc2)c2c(=O)n(C)c(=O)n(C)c2n1. The third-order valence-electron chi connectivity index (χ3n) is 5.21. The summed E-state index contributed by atoms with van der Waals surface area (Å²) in [7, 11) is 3.11. The van der Waals surface area contributed by atoms with E-state index < -0.39 is 5.69 Å². The highest BCUT2D eigenvalue weighted by Gasteiger charge is 2.20. The lowest BCUT2D eigenvalue weighted by molar-refractivity contribution is 0.703. The van der Waals surface area contributed by atoms with Crippen molar-refractivity contribution in [2.24, 2.45) is 14.1 Å². The summed E-state index contributed by atoms with van der Waals surface area (Å²) in [5.74, 6) is 0.506. The minimum Gasteiger partial charge on any atom is -0.280 e. The van der Waals surface area contributed by atoms with Crippen LogP contribution in [0.4, 0.5) is 0 Å². The maximum Gasteiger partial charge on any atom is 0.332 e. The van der Waals surface area contributed by atoms with Crippen LogP contribution in [-0.2, 0) is 14.1 Å². The summed E-state index contributed by atoms with van der Waals surface area (Å²) in [6.07, 6.45) is 0. The highest BCUT2D eigenvalue weighted by atomic mass is 32.2. The number of rotatable bonds is 4. The van der Waals surface area contributed by atoms with Gasteiger partial charge in [0, 0.05) is 24.9 Å². The maximum atomic E-state index is 13.0. The molecule has 0 saturated heterocycles. The average molecular weight is 419 g/mol. The van der Waals surface area contributed by atoms with Gasteiger partial charge in [-0.3, -0.25) is 13.9 Å². The first kappa shape index (κ1) is 20.1. The van der Waals surface area contributed by atoms with Gasteiger partial charge < -0.3 is 0 Å². The Morgan fingerprint density at radius 3 is 2.27 bits per heavy atom. The summed E-state index contributed by atoms with van der Waals surface area (Å²) in [4.78, 5) is 35.0. The number of nitrogens with zero attached hydrogens (tertiary/aromatic N) is 4. The lowest BCUT2D eigenvalue weighted by Crippen LogP contribution is -2.37. The predicted molar refractivity (Wildman–Crippen MR) is 121 cm³/mol. The number of aryl methyl sites for hydroxylation is 2. The van der Waals surface area contributed by atoms with Crippen LogP contribution < -0.4 is 11.2 Å². The molecule has 0 unspecified atom stereocenters. The van der Waals surface area contributed by atoms with Gasteiger partial charge in [0.2, 0.25) is 0 Å². The van der Waals surface area contributed by atoms with Crippen molar-refractivity contribution in [1.82, 2.24) is 19.1 Å². The second-order valence-corrected chi connectivity index (χ2v) is 8.57. The van der Waals surface area contributed by atoms with Crippen LogP contribution in [0.3, 0.4) is 0 Å². The molecule has 4 rings (SSSR count). The summed E-state index contributed by atoms with van der Waals surface area (Å²) < 4.78 is 2.52. The average Bonchev–Trinajstić information content (AvgIpc) is 2.76. The molecule has 2 heterocycles. The van der Waals surface area contributed by atoms with Crippen LogP contribution in [0.25, 0.3) is 22.4 Å². The Kier molecular flexibility index (Phi) is 5.30. The molecule has 1 atom stereocenters. The molecule has 0 amide bonds. The Hall–Kier alpha value is -3.19. The summed E-state index contributed by atoms with van der Waals surface area (Å²) in [6.45, 7) is 4.07. The van der Waals surface area contributed by atoms with Crippen LogP contribution in [0, 0.1) is 6.92 Å². The summed E-state index contributed by atoms with van der Waals surface area (Å²) >= 11 is 1.50. The van der Waals surface area contributed by atoms with Gasteiger partial charge in [-0.2, -0.15) is 0 Å². The molecule has 152 valence electrons. The largest absolute Gasteiger partial charge is 0.332 e. The topological polar surface area (TPSA) is 69.8 Å². The second kappa shape index (κ2) is 7.91. The van der Waals surface area contributed by atoms with Gasteiger partial charge in [-0.1, -0.05) is 66.4 Å². The van der Waals surface area contributed by atoms with Crippen molar-refractivity contribution in [3.8, 4) is 11.4 Å². The third kappa shape index (κ3) is 3.45. The van der Waals surface area contributed by atoms with Crippen molar-refractivity contribution in [2.75, 3.05) is 0 Å². The molecular weight excluding hydrogens is 396 g/mol. The zero-order valence-corrected chi connectivity index (χ0v) is 18.1. The first-order valence-electron chi connectivity index (χ1n) is 9.64. The molecule has 0 fully saturated rings. The van der Waals surface area contributed by atoms with Crippen LogP contribution in [0.5, 0.6) is 0 Å². The molecule has 0 spiro atoms. The van der Waals surface area contributed by atoms with E-state index in [-0.39, 0.29) is 10.8 Å². The van der Waals surface area contributed by atoms with E-state index >= 15 is 0 Å². The Morgan fingerprint density at radius 2 is 1.57 bits per heavy atom. The monoisotopic (exact) mass is 418 g/mol. The van der Waals surface area contributed by atoms with E-state index in [4.69, 9.17) is 4.98 Å². The quantitative estimate of drug-likeness (QED) is 0.372. The molecule has 6 nitrogen and oxygen atoms in total. The van der Waals surface area contributed by atoms with Crippen molar-refractivity contribution in [3.05, 3.63) is 86.6 Å². The van der Waals surface area contributed by atoms with E-state index in [0.29, 0.717) is 21.9 Å². The minimum atomic E-state index is -0.408. The fourth-order valence-corrected chi connectivity index (χ4v) is 4.48. The van der Waals surface area contributed by atoms with Gasteiger partial charge in [-0.05, 0) is 25.0 Å². The van der Waals surface area contributed by atoms with E-state index in [2.05, 4.69) is 24.0 Å². The maximum absolute atomic E-state index is 13.0. The van der Waals surface area contributed by atoms with E-state index in [0.717, 1.165) is 21.3 Å². The van der Waals surface area contributed by atoms with Crippen LogP contribution in [0.15, 0.2) is 69.2 Å². The molecule has 0 bridgehead atoms. The van der Waals surface area contributed by atoms with Gasteiger partial charge in [0.05, 0.1) is 0 Å². The van der Waals surface area contributed by atoms with E-state index in [1.807, 2.05) is 49.4 Å².